The van der Waals surface area contributed by atoms with Gasteiger partial charge in [0.2, 0.25) is 0 Å². The summed E-state index contributed by atoms with van der Waals surface area (Å²) in [5.74, 6) is 0.114. The number of carbonyl (C=O) groups is 1. The highest BCUT2D eigenvalue weighted by atomic mass is 16.5. The predicted octanol–water partition coefficient (Wildman–Crippen LogP) is 1.14. The minimum Gasteiger partial charge on any atom is -0.380 e. The number of amides is 1. The molecular weight excluding hydrogens is 280 g/mol. The average Bonchev–Trinajstić information content (AvgIpc) is 2.85. The summed E-state index contributed by atoms with van der Waals surface area (Å²) in [6.07, 6.45) is 0.571. The van der Waals surface area contributed by atoms with Crippen molar-refractivity contribution in [2.24, 2.45) is 0 Å². The third-order valence-electron chi connectivity index (χ3n) is 4.21. The summed E-state index contributed by atoms with van der Waals surface area (Å²) in [4.78, 5) is 16.8. The minimum atomic E-state index is -0.337. The monoisotopic (exact) mass is 304 g/mol. The molecule has 2 aliphatic rings. The van der Waals surface area contributed by atoms with Crippen molar-refractivity contribution in [3.63, 3.8) is 0 Å². The van der Waals surface area contributed by atoms with Crippen LogP contribution in [-0.4, -0.2) is 67.8 Å². The molecule has 5 heteroatoms. The Morgan fingerprint density at radius 2 is 1.95 bits per heavy atom. The summed E-state index contributed by atoms with van der Waals surface area (Å²) in [6, 6.07) is 10.4. The number of benzene rings is 1. The van der Waals surface area contributed by atoms with Gasteiger partial charge in [-0.3, -0.25) is 9.69 Å². The number of morpholine rings is 1. The van der Waals surface area contributed by atoms with Crippen LogP contribution in [-0.2, 0) is 20.8 Å². The molecule has 1 atom stereocenters. The Kier molecular flexibility index (Phi) is 5.43. The molecule has 1 aromatic carbocycles. The molecule has 2 heterocycles. The number of rotatable bonds is 3. The Labute approximate surface area is 131 Å². The van der Waals surface area contributed by atoms with Crippen molar-refractivity contribution in [1.82, 2.24) is 9.80 Å². The molecule has 0 unspecified atom stereocenters. The van der Waals surface area contributed by atoms with Gasteiger partial charge in [0.15, 0.2) is 0 Å². The molecule has 3 rings (SSSR count). The van der Waals surface area contributed by atoms with Crippen molar-refractivity contribution in [2.75, 3.05) is 46.0 Å². The number of ether oxygens (including phenoxy) is 2. The van der Waals surface area contributed by atoms with E-state index in [-0.39, 0.29) is 12.0 Å². The van der Waals surface area contributed by atoms with Gasteiger partial charge in [0, 0.05) is 39.3 Å². The maximum atomic E-state index is 12.6. The molecule has 0 bridgehead atoms. The van der Waals surface area contributed by atoms with Gasteiger partial charge in [0.1, 0.15) is 6.10 Å². The van der Waals surface area contributed by atoms with E-state index in [1.54, 1.807) is 0 Å². The smallest absolute Gasteiger partial charge is 0.253 e. The van der Waals surface area contributed by atoms with Crippen LogP contribution in [0.5, 0.6) is 0 Å². The second-order valence-electron chi connectivity index (χ2n) is 5.87. The van der Waals surface area contributed by atoms with Crippen LogP contribution >= 0.6 is 0 Å². The summed E-state index contributed by atoms with van der Waals surface area (Å²) in [7, 11) is 0. The molecule has 120 valence electrons. The normalized spacial score (nSPS) is 24.0. The third kappa shape index (κ3) is 4.06. The molecule has 22 heavy (non-hydrogen) atoms. The highest BCUT2D eigenvalue weighted by Gasteiger charge is 2.30. The van der Waals surface area contributed by atoms with Crippen LogP contribution in [0.3, 0.4) is 0 Å². The SMILES string of the molecule is O=C([C@@H]1CN(Cc2ccccc2)CCO1)N1CCCOCC1. The van der Waals surface area contributed by atoms with E-state index >= 15 is 0 Å². The Morgan fingerprint density at radius 1 is 1.09 bits per heavy atom. The van der Waals surface area contributed by atoms with Gasteiger partial charge in [0.25, 0.3) is 5.91 Å². The standard InChI is InChI=1S/C17H24N2O3/c20-17(19-7-4-10-21-11-9-19)16-14-18(8-12-22-16)13-15-5-2-1-3-6-15/h1-3,5-6,16H,4,7-14H2/t16-/m0/s1. The van der Waals surface area contributed by atoms with E-state index in [1.165, 1.54) is 5.56 Å². The molecular formula is C17H24N2O3. The van der Waals surface area contributed by atoms with Gasteiger partial charge in [-0.1, -0.05) is 30.3 Å². The van der Waals surface area contributed by atoms with Crippen molar-refractivity contribution in [3.8, 4) is 0 Å². The third-order valence-corrected chi connectivity index (χ3v) is 4.21. The fraction of sp³-hybridized carbons (Fsp3) is 0.588. The van der Waals surface area contributed by atoms with Crippen LogP contribution in [0.4, 0.5) is 0 Å². The molecule has 5 nitrogen and oxygen atoms in total. The Morgan fingerprint density at radius 3 is 2.82 bits per heavy atom. The van der Waals surface area contributed by atoms with E-state index in [9.17, 15) is 4.79 Å². The van der Waals surface area contributed by atoms with Crippen LogP contribution in [0.2, 0.25) is 0 Å². The largest absolute Gasteiger partial charge is 0.380 e. The summed E-state index contributed by atoms with van der Waals surface area (Å²) < 4.78 is 11.1. The minimum absolute atomic E-state index is 0.114. The van der Waals surface area contributed by atoms with E-state index in [0.29, 0.717) is 26.3 Å². The van der Waals surface area contributed by atoms with Crippen LogP contribution < -0.4 is 0 Å². The summed E-state index contributed by atoms with van der Waals surface area (Å²) in [5, 5.41) is 0. The lowest BCUT2D eigenvalue weighted by molar-refractivity contribution is -0.149. The molecule has 2 fully saturated rings. The summed E-state index contributed by atoms with van der Waals surface area (Å²) in [6.45, 7) is 5.87. The Balaban J connectivity index is 1.56. The summed E-state index contributed by atoms with van der Waals surface area (Å²) in [5.41, 5.74) is 1.28. The van der Waals surface area contributed by atoms with E-state index < -0.39 is 0 Å². The number of carbonyl (C=O) groups excluding carboxylic acids is 1. The van der Waals surface area contributed by atoms with E-state index in [1.807, 2.05) is 11.0 Å². The zero-order chi connectivity index (χ0) is 15.2. The molecule has 0 radical (unpaired) electrons. The van der Waals surface area contributed by atoms with E-state index in [4.69, 9.17) is 9.47 Å². The van der Waals surface area contributed by atoms with Crippen LogP contribution in [0.25, 0.3) is 0 Å². The van der Waals surface area contributed by atoms with E-state index in [0.717, 1.165) is 32.7 Å². The average molecular weight is 304 g/mol. The van der Waals surface area contributed by atoms with Crippen molar-refractivity contribution in [3.05, 3.63) is 35.9 Å². The first kappa shape index (κ1) is 15.5. The quantitative estimate of drug-likeness (QED) is 0.840. The molecule has 0 saturated carbocycles. The first-order chi connectivity index (χ1) is 10.8. The molecule has 1 amide bonds. The predicted molar refractivity (Wildman–Crippen MR) is 83.5 cm³/mol. The highest BCUT2D eigenvalue weighted by molar-refractivity contribution is 5.81. The maximum absolute atomic E-state index is 12.6. The number of hydrogen-bond donors (Lipinski definition) is 0. The zero-order valence-corrected chi connectivity index (χ0v) is 12.9. The van der Waals surface area contributed by atoms with Gasteiger partial charge in [-0.2, -0.15) is 0 Å². The fourth-order valence-electron chi connectivity index (χ4n) is 3.01. The van der Waals surface area contributed by atoms with Crippen molar-refractivity contribution in [1.29, 1.82) is 0 Å². The van der Waals surface area contributed by atoms with Crippen LogP contribution in [0.15, 0.2) is 30.3 Å². The second-order valence-corrected chi connectivity index (χ2v) is 5.87. The summed E-state index contributed by atoms with van der Waals surface area (Å²) >= 11 is 0. The Hall–Kier alpha value is -1.43. The topological polar surface area (TPSA) is 42.0 Å². The lowest BCUT2D eigenvalue weighted by atomic mass is 10.1. The van der Waals surface area contributed by atoms with Gasteiger partial charge in [-0.25, -0.2) is 0 Å². The molecule has 0 aliphatic carbocycles. The molecule has 0 spiro atoms. The zero-order valence-electron chi connectivity index (χ0n) is 12.9. The lowest BCUT2D eigenvalue weighted by Gasteiger charge is -2.34. The first-order valence-corrected chi connectivity index (χ1v) is 8.07. The molecule has 2 aliphatic heterocycles. The molecule has 2 saturated heterocycles. The fourth-order valence-corrected chi connectivity index (χ4v) is 3.01. The van der Waals surface area contributed by atoms with Gasteiger partial charge < -0.3 is 14.4 Å². The van der Waals surface area contributed by atoms with Gasteiger partial charge in [-0.15, -0.1) is 0 Å². The van der Waals surface area contributed by atoms with Crippen molar-refractivity contribution < 1.29 is 14.3 Å². The molecule has 0 N–H and O–H groups in total. The lowest BCUT2D eigenvalue weighted by Crippen LogP contribution is -2.51. The van der Waals surface area contributed by atoms with E-state index in [2.05, 4.69) is 29.2 Å². The van der Waals surface area contributed by atoms with Crippen LogP contribution in [0.1, 0.15) is 12.0 Å². The first-order valence-electron chi connectivity index (χ1n) is 8.07. The number of nitrogens with zero attached hydrogens (tertiary/aromatic N) is 2. The van der Waals surface area contributed by atoms with Gasteiger partial charge in [0.05, 0.1) is 13.2 Å². The number of hydrogen-bond acceptors (Lipinski definition) is 4. The van der Waals surface area contributed by atoms with Crippen molar-refractivity contribution in [2.45, 2.75) is 19.1 Å². The molecule has 1 aromatic rings. The second kappa shape index (κ2) is 7.72. The highest BCUT2D eigenvalue weighted by Crippen LogP contribution is 2.13. The van der Waals surface area contributed by atoms with Gasteiger partial charge in [-0.05, 0) is 12.0 Å². The van der Waals surface area contributed by atoms with Gasteiger partial charge >= 0.3 is 0 Å². The Bertz CT molecular complexity index is 472. The maximum Gasteiger partial charge on any atom is 0.253 e. The molecule has 0 aromatic heterocycles. The van der Waals surface area contributed by atoms with Crippen molar-refractivity contribution >= 4 is 5.91 Å². The van der Waals surface area contributed by atoms with Crippen LogP contribution in [0, 0.1) is 0 Å².